The van der Waals surface area contributed by atoms with Crippen LogP contribution in [0.15, 0.2) is 162 Å². The van der Waals surface area contributed by atoms with E-state index in [0.717, 1.165) is 49.2 Å². The zero-order valence-corrected chi connectivity index (χ0v) is 30.3. The fourth-order valence-corrected chi connectivity index (χ4v) is 7.96. The van der Waals surface area contributed by atoms with Crippen molar-refractivity contribution in [2.75, 3.05) is 0 Å². The third-order valence-corrected chi connectivity index (χ3v) is 11.1. The summed E-state index contributed by atoms with van der Waals surface area (Å²) in [6, 6.07) is 48.4. The molecule has 0 saturated carbocycles. The van der Waals surface area contributed by atoms with Crippen LogP contribution in [0.2, 0.25) is 0 Å². The second-order valence-corrected chi connectivity index (χ2v) is 15.0. The highest BCUT2D eigenvalue weighted by molar-refractivity contribution is 7.88. The standard InChI is InChI=1S/C46H26F3N3O4S/c47-46(48,49)57(53,54)56-41-26-37-34-16-7-5-14-32(34)31-13-4-6-15-33(31)36(37)25-38(41)45-51-43(28-11-2-1-3-12-28)50-44(52-45)29-23-21-27(22-24-29)30-18-10-20-40-42(30)35-17-8-9-19-39(35)55-40/h1-26H. The number of fused-ring (bicyclic) bond motifs is 9. The summed E-state index contributed by atoms with van der Waals surface area (Å²) in [4.78, 5) is 14.3. The van der Waals surface area contributed by atoms with Crippen molar-refractivity contribution in [2.45, 2.75) is 5.51 Å². The summed E-state index contributed by atoms with van der Waals surface area (Å²) in [7, 11) is -6.10. The van der Waals surface area contributed by atoms with Crippen molar-refractivity contribution in [1.82, 2.24) is 15.0 Å². The highest BCUT2D eigenvalue weighted by atomic mass is 32.2. The highest BCUT2D eigenvalue weighted by Gasteiger charge is 2.49. The van der Waals surface area contributed by atoms with E-state index in [-0.39, 0.29) is 23.0 Å². The number of nitrogens with zero attached hydrogens (tertiary/aromatic N) is 3. The van der Waals surface area contributed by atoms with Gasteiger partial charge in [0.15, 0.2) is 23.2 Å². The van der Waals surface area contributed by atoms with Gasteiger partial charge < -0.3 is 8.60 Å². The number of rotatable bonds is 6. The lowest BCUT2D eigenvalue weighted by Gasteiger charge is -2.17. The van der Waals surface area contributed by atoms with Gasteiger partial charge in [0.05, 0.1) is 5.56 Å². The summed E-state index contributed by atoms with van der Waals surface area (Å²) < 4.78 is 78.3. The molecule has 0 unspecified atom stereocenters. The maximum Gasteiger partial charge on any atom is 0.534 e. The van der Waals surface area contributed by atoms with Crippen LogP contribution in [-0.2, 0) is 10.1 Å². The Morgan fingerprint density at radius 2 is 0.947 bits per heavy atom. The summed E-state index contributed by atoms with van der Waals surface area (Å²) in [6.07, 6.45) is 0. The van der Waals surface area contributed by atoms with Crippen LogP contribution < -0.4 is 4.18 Å². The molecule has 8 aromatic carbocycles. The zero-order chi connectivity index (χ0) is 38.9. The van der Waals surface area contributed by atoms with Crippen molar-refractivity contribution in [1.29, 1.82) is 0 Å². The van der Waals surface area contributed by atoms with Gasteiger partial charge in [0.2, 0.25) is 0 Å². The van der Waals surface area contributed by atoms with Crippen LogP contribution in [-0.4, -0.2) is 28.9 Å². The average Bonchev–Trinajstić information content (AvgIpc) is 3.62. The minimum absolute atomic E-state index is 0.0632. The van der Waals surface area contributed by atoms with E-state index in [2.05, 4.69) is 0 Å². The van der Waals surface area contributed by atoms with Crippen LogP contribution in [0.1, 0.15) is 0 Å². The average molecular weight is 774 g/mol. The molecular formula is C46H26F3N3O4S. The van der Waals surface area contributed by atoms with Gasteiger partial charge in [0.25, 0.3) is 0 Å². The molecular weight excluding hydrogens is 748 g/mol. The van der Waals surface area contributed by atoms with E-state index in [9.17, 15) is 21.6 Å². The summed E-state index contributed by atoms with van der Waals surface area (Å²) in [6.45, 7) is 0. The van der Waals surface area contributed by atoms with Crippen LogP contribution >= 0.6 is 0 Å². The Labute approximate surface area is 322 Å². The fraction of sp³-hybridized carbons (Fsp3) is 0.0217. The van der Waals surface area contributed by atoms with Crippen molar-refractivity contribution in [3.63, 3.8) is 0 Å². The predicted octanol–water partition coefficient (Wildman–Crippen LogP) is 12.1. The van der Waals surface area contributed by atoms with Crippen LogP contribution in [0.4, 0.5) is 13.2 Å². The number of aromatic nitrogens is 3. The van der Waals surface area contributed by atoms with Gasteiger partial charge in [0, 0.05) is 21.9 Å². The van der Waals surface area contributed by atoms with Crippen molar-refractivity contribution < 1.29 is 30.2 Å². The predicted molar refractivity (Wildman–Crippen MR) is 217 cm³/mol. The molecule has 10 aromatic rings. The normalized spacial score (nSPS) is 12.3. The van der Waals surface area contributed by atoms with Gasteiger partial charge in [0.1, 0.15) is 11.2 Å². The smallest absolute Gasteiger partial charge is 0.456 e. The van der Waals surface area contributed by atoms with Crippen LogP contribution in [0.25, 0.3) is 99.5 Å². The Kier molecular flexibility index (Phi) is 7.84. The molecule has 0 amide bonds. The second kappa shape index (κ2) is 13.0. The first-order chi connectivity index (χ1) is 27.6. The summed E-state index contributed by atoms with van der Waals surface area (Å²) in [5, 5.41) is 6.35. The van der Waals surface area contributed by atoms with Crippen LogP contribution in [0, 0.1) is 0 Å². The van der Waals surface area contributed by atoms with Crippen molar-refractivity contribution in [3.8, 4) is 51.0 Å². The molecule has 0 fully saturated rings. The molecule has 0 aliphatic rings. The number of para-hydroxylation sites is 1. The highest BCUT2D eigenvalue weighted by Crippen LogP contribution is 2.43. The molecule has 0 radical (unpaired) electrons. The van der Waals surface area contributed by atoms with Gasteiger partial charge >= 0.3 is 15.6 Å². The topological polar surface area (TPSA) is 95.2 Å². The first-order valence-corrected chi connectivity index (χ1v) is 19.2. The third-order valence-electron chi connectivity index (χ3n) is 10.1. The van der Waals surface area contributed by atoms with E-state index in [1.165, 1.54) is 6.07 Å². The van der Waals surface area contributed by atoms with Gasteiger partial charge in [-0.3, -0.25) is 0 Å². The molecule has 0 atom stereocenters. The number of hydrogen-bond acceptors (Lipinski definition) is 7. The first kappa shape index (κ1) is 34.4. The number of furan rings is 1. The van der Waals surface area contributed by atoms with E-state index in [4.69, 9.17) is 23.6 Å². The Balaban J connectivity index is 1.20. The minimum atomic E-state index is -6.10. The molecule has 11 heteroatoms. The molecule has 0 aliphatic heterocycles. The monoisotopic (exact) mass is 773 g/mol. The Hall–Kier alpha value is -7.11. The molecule has 7 nitrogen and oxygen atoms in total. The van der Waals surface area contributed by atoms with Gasteiger partial charge in [-0.2, -0.15) is 21.6 Å². The molecule has 10 rings (SSSR count). The molecule has 0 N–H and O–H groups in total. The third kappa shape index (κ3) is 5.82. The molecule has 276 valence electrons. The van der Waals surface area contributed by atoms with E-state index in [1.807, 2.05) is 133 Å². The van der Waals surface area contributed by atoms with Crippen molar-refractivity contribution >= 4 is 64.4 Å². The largest absolute Gasteiger partial charge is 0.534 e. The van der Waals surface area contributed by atoms with Gasteiger partial charge in [-0.15, -0.1) is 0 Å². The van der Waals surface area contributed by atoms with E-state index in [0.29, 0.717) is 27.3 Å². The maximum absolute atomic E-state index is 13.9. The van der Waals surface area contributed by atoms with E-state index in [1.54, 1.807) is 18.2 Å². The van der Waals surface area contributed by atoms with Crippen LogP contribution in [0.3, 0.4) is 0 Å². The Bertz CT molecular complexity index is 3330. The summed E-state index contributed by atoms with van der Waals surface area (Å²) >= 11 is 0. The van der Waals surface area contributed by atoms with E-state index >= 15 is 0 Å². The lowest BCUT2D eigenvalue weighted by molar-refractivity contribution is -0.0499. The fourth-order valence-electron chi connectivity index (χ4n) is 7.50. The Morgan fingerprint density at radius 1 is 0.456 bits per heavy atom. The van der Waals surface area contributed by atoms with Crippen molar-refractivity contribution in [2.24, 2.45) is 0 Å². The summed E-state index contributed by atoms with van der Waals surface area (Å²) in [5.74, 6) is -0.218. The quantitative estimate of drug-likeness (QED) is 0.0943. The molecule has 0 aliphatic carbocycles. The molecule has 0 saturated heterocycles. The molecule has 2 aromatic heterocycles. The molecule has 0 spiro atoms. The number of alkyl halides is 3. The maximum atomic E-state index is 13.9. The molecule has 0 bridgehead atoms. The molecule has 2 heterocycles. The van der Waals surface area contributed by atoms with Crippen LogP contribution in [0.5, 0.6) is 5.75 Å². The lowest BCUT2D eigenvalue weighted by Crippen LogP contribution is -2.28. The summed E-state index contributed by atoms with van der Waals surface area (Å²) in [5.41, 5.74) is -1.14. The molecule has 57 heavy (non-hydrogen) atoms. The number of halogens is 3. The van der Waals surface area contributed by atoms with Crippen molar-refractivity contribution in [3.05, 3.63) is 158 Å². The Morgan fingerprint density at radius 3 is 1.58 bits per heavy atom. The SMILES string of the molecule is O=S(=O)(Oc1cc2c3ccccc3c3ccccc3c2cc1-c1nc(-c2ccccc2)nc(-c2ccc(-c3cccc4oc5ccccc5c34)cc2)n1)C(F)(F)F. The van der Waals surface area contributed by atoms with Gasteiger partial charge in [-0.1, -0.05) is 133 Å². The van der Waals surface area contributed by atoms with Gasteiger partial charge in [-0.05, 0) is 67.7 Å². The lowest BCUT2D eigenvalue weighted by atomic mass is 9.93. The first-order valence-electron chi connectivity index (χ1n) is 17.8. The minimum Gasteiger partial charge on any atom is -0.456 e. The second-order valence-electron chi connectivity index (χ2n) is 13.5. The van der Waals surface area contributed by atoms with Gasteiger partial charge in [-0.25, -0.2) is 15.0 Å². The number of hydrogen-bond donors (Lipinski definition) is 0. The zero-order valence-electron chi connectivity index (χ0n) is 29.5. The number of benzene rings is 8. The van der Waals surface area contributed by atoms with E-state index < -0.39 is 21.4 Å².